The van der Waals surface area contributed by atoms with Crippen LogP contribution in [0.25, 0.3) is 22.3 Å². The van der Waals surface area contributed by atoms with Crippen molar-refractivity contribution >= 4 is 28.9 Å². The van der Waals surface area contributed by atoms with Crippen LogP contribution in [0, 0.1) is 5.41 Å². The number of aromatic nitrogens is 2. The summed E-state index contributed by atoms with van der Waals surface area (Å²) in [5.41, 5.74) is 7.08. The molecule has 3 aliphatic carbocycles. The quantitative estimate of drug-likeness (QED) is 0.175. The molecule has 0 radical (unpaired) electrons. The molecule has 9 rings (SSSR count). The van der Waals surface area contributed by atoms with Crippen molar-refractivity contribution in [2.45, 2.75) is 62.9 Å². The Balaban J connectivity index is 1.28. The minimum Gasteiger partial charge on any atom is -0.497 e. The molecule has 6 aliphatic rings. The van der Waals surface area contributed by atoms with Gasteiger partial charge in [-0.25, -0.2) is 0 Å². The van der Waals surface area contributed by atoms with E-state index in [1.807, 2.05) is 82.9 Å². The lowest BCUT2D eigenvalue weighted by Crippen LogP contribution is -2.64. The molecule has 1 atom stereocenters. The van der Waals surface area contributed by atoms with E-state index in [0.29, 0.717) is 0 Å². The van der Waals surface area contributed by atoms with Gasteiger partial charge in [0, 0.05) is 52.9 Å². The topological polar surface area (TPSA) is 76.9 Å². The number of hydrogen-bond acceptors (Lipinski definition) is 5. The molecule has 2 aromatic carbocycles. The van der Waals surface area contributed by atoms with Crippen LogP contribution in [0.1, 0.15) is 63.1 Å². The van der Waals surface area contributed by atoms with E-state index in [-0.39, 0.29) is 18.0 Å². The average Bonchev–Trinajstić information content (AvgIpc) is 3.94. The second-order valence-corrected chi connectivity index (χ2v) is 13.8. The highest BCUT2D eigenvalue weighted by Gasteiger charge is 2.63. The molecular weight excluding hydrogens is 600 g/mol. The summed E-state index contributed by atoms with van der Waals surface area (Å²) in [5, 5.41) is 0. The highest BCUT2D eigenvalue weighted by molar-refractivity contribution is 6.21. The van der Waals surface area contributed by atoms with Crippen LogP contribution in [0.2, 0.25) is 0 Å². The van der Waals surface area contributed by atoms with Crippen LogP contribution in [0.15, 0.2) is 91.5 Å². The van der Waals surface area contributed by atoms with Gasteiger partial charge in [0.2, 0.25) is 11.8 Å². The molecule has 2 amide bonds. The smallest absolute Gasteiger partial charge is 0.242 e. The van der Waals surface area contributed by atoms with E-state index < -0.39 is 10.8 Å². The summed E-state index contributed by atoms with van der Waals surface area (Å²) in [4.78, 5) is 37.1. The number of rotatable bonds is 6. The molecule has 1 saturated heterocycles. The lowest BCUT2D eigenvalue weighted by atomic mass is 9.72. The van der Waals surface area contributed by atoms with Crippen LogP contribution in [0.5, 0.6) is 11.5 Å². The molecule has 2 spiro atoms. The Kier molecular flexibility index (Phi) is 6.48. The van der Waals surface area contributed by atoms with E-state index in [2.05, 4.69) is 28.0 Å². The number of hydrogen-bond donors (Lipinski definition) is 0. The third-order valence-electron chi connectivity index (χ3n) is 11.6. The molecular formula is C40H38N4O4. The maximum Gasteiger partial charge on any atom is 0.242 e. The summed E-state index contributed by atoms with van der Waals surface area (Å²) in [6, 6.07) is 21.9. The summed E-state index contributed by atoms with van der Waals surface area (Å²) in [7, 11) is 3.31. The number of nitrogens with zero attached hydrogens (tertiary/aromatic N) is 4. The second kappa shape index (κ2) is 10.7. The van der Waals surface area contributed by atoms with Gasteiger partial charge in [-0.3, -0.25) is 24.4 Å². The molecule has 48 heavy (non-hydrogen) atoms. The second-order valence-electron chi connectivity index (χ2n) is 13.8. The number of carbonyl (C=O) groups excluding carboxylic acids is 2. The summed E-state index contributed by atoms with van der Waals surface area (Å²) in [5.74, 6) is 1.87. The number of benzene rings is 2. The maximum atomic E-state index is 14.7. The molecule has 8 heteroatoms. The van der Waals surface area contributed by atoms with Crippen molar-refractivity contribution < 1.29 is 19.1 Å². The van der Waals surface area contributed by atoms with E-state index in [0.717, 1.165) is 108 Å². The molecule has 2 saturated carbocycles. The van der Waals surface area contributed by atoms with Crippen molar-refractivity contribution in [2.75, 3.05) is 24.0 Å². The Morgan fingerprint density at radius 1 is 0.708 bits per heavy atom. The van der Waals surface area contributed by atoms with E-state index in [4.69, 9.17) is 9.47 Å². The monoisotopic (exact) mass is 638 g/mol. The predicted octanol–water partition coefficient (Wildman–Crippen LogP) is 8.27. The fraction of sp³-hybridized carbons (Fsp3) is 0.325. The Hall–Kier alpha value is -5.11. The molecule has 1 aromatic heterocycles. The van der Waals surface area contributed by atoms with Gasteiger partial charge in [-0.05, 0) is 104 Å². The zero-order valence-electron chi connectivity index (χ0n) is 27.3. The molecule has 0 N–H and O–H groups in total. The van der Waals surface area contributed by atoms with Gasteiger partial charge in [-0.1, -0.05) is 25.7 Å². The molecule has 0 bridgehead atoms. The van der Waals surface area contributed by atoms with Crippen LogP contribution in [0.4, 0.5) is 17.1 Å². The molecule has 3 aliphatic heterocycles. The molecule has 8 nitrogen and oxygen atoms in total. The summed E-state index contributed by atoms with van der Waals surface area (Å²) < 4.78 is 13.1. The van der Waals surface area contributed by atoms with Crippen molar-refractivity contribution in [3.63, 3.8) is 0 Å². The molecule has 3 aromatic rings. The van der Waals surface area contributed by atoms with Gasteiger partial charge in [0.15, 0.2) is 0 Å². The molecule has 4 heterocycles. The highest BCUT2D eigenvalue weighted by Crippen LogP contribution is 2.64. The van der Waals surface area contributed by atoms with Gasteiger partial charge in [0.25, 0.3) is 0 Å². The van der Waals surface area contributed by atoms with Crippen LogP contribution < -0.4 is 19.3 Å². The number of ether oxygens (including phenoxy) is 2. The first-order valence-corrected chi connectivity index (χ1v) is 17.1. The van der Waals surface area contributed by atoms with E-state index >= 15 is 0 Å². The van der Waals surface area contributed by atoms with E-state index in [1.165, 1.54) is 0 Å². The minimum absolute atomic E-state index is 0.153. The number of methoxy groups -OCH3 is 2. The highest BCUT2D eigenvalue weighted by atomic mass is 16.5. The first kappa shape index (κ1) is 29.1. The Morgan fingerprint density at radius 3 is 1.94 bits per heavy atom. The Morgan fingerprint density at radius 2 is 1.31 bits per heavy atom. The van der Waals surface area contributed by atoms with E-state index in [1.54, 1.807) is 14.2 Å². The number of fused-ring (bicyclic) bond motifs is 4. The van der Waals surface area contributed by atoms with Crippen molar-refractivity contribution in [1.82, 2.24) is 9.55 Å². The van der Waals surface area contributed by atoms with Gasteiger partial charge in [0.1, 0.15) is 17.7 Å². The zero-order valence-corrected chi connectivity index (χ0v) is 27.3. The van der Waals surface area contributed by atoms with Crippen LogP contribution in [0.3, 0.4) is 0 Å². The minimum atomic E-state index is -0.570. The van der Waals surface area contributed by atoms with Crippen LogP contribution >= 0.6 is 0 Å². The van der Waals surface area contributed by atoms with Gasteiger partial charge in [-0.2, -0.15) is 0 Å². The summed E-state index contributed by atoms with van der Waals surface area (Å²) >= 11 is 0. The third kappa shape index (κ3) is 3.86. The summed E-state index contributed by atoms with van der Waals surface area (Å²) in [6.45, 7) is 0. The van der Waals surface area contributed by atoms with Crippen LogP contribution in [-0.2, 0) is 15.0 Å². The third-order valence-corrected chi connectivity index (χ3v) is 11.6. The average molecular weight is 639 g/mol. The summed E-state index contributed by atoms with van der Waals surface area (Å²) in [6.07, 6.45) is 15.5. The normalized spacial score (nSPS) is 20.6. The van der Waals surface area contributed by atoms with Gasteiger partial charge >= 0.3 is 0 Å². The van der Waals surface area contributed by atoms with Crippen LogP contribution in [-0.4, -0.2) is 35.6 Å². The fourth-order valence-electron chi connectivity index (χ4n) is 9.36. The van der Waals surface area contributed by atoms with Crippen molar-refractivity contribution in [1.29, 1.82) is 0 Å². The van der Waals surface area contributed by atoms with Gasteiger partial charge < -0.3 is 14.0 Å². The number of carbonyl (C=O) groups is 2. The lowest BCUT2D eigenvalue weighted by Gasteiger charge is -2.55. The number of β-lactam (4-membered cyclic amide) rings is 1. The lowest BCUT2D eigenvalue weighted by molar-refractivity contribution is -0.143. The number of pyridine rings is 2. The predicted molar refractivity (Wildman–Crippen MR) is 185 cm³/mol. The maximum absolute atomic E-state index is 14.7. The number of anilines is 3. The first-order chi connectivity index (χ1) is 23.5. The Labute approximate surface area is 280 Å². The first-order valence-electron chi connectivity index (χ1n) is 17.1. The van der Waals surface area contributed by atoms with Gasteiger partial charge in [0.05, 0.1) is 30.7 Å². The van der Waals surface area contributed by atoms with Gasteiger partial charge in [-0.15, -0.1) is 0 Å². The SMILES string of the molecule is COc1ccc(N2C(=O)C3(CCCC3)c3c4ccn(C5N(c6ccc(OC)cc6)C(=O)C56CCCC6)cc-4c(-c4ccncc4)c32)cc1. The molecule has 1 unspecified atom stereocenters. The number of amides is 2. The van der Waals surface area contributed by atoms with Crippen molar-refractivity contribution in [2.24, 2.45) is 5.41 Å². The zero-order chi connectivity index (χ0) is 32.6. The molecule has 242 valence electrons. The largest absolute Gasteiger partial charge is 0.497 e. The standard InChI is InChI=1S/C40H38N4O4/c1-47-29-11-7-27(8-12-29)43-35-33(26-15-22-41-23-16-26)32-25-42(24-17-31(32)34(35)39(37(43)45)18-3-4-19-39)36-40(20-5-6-21-40)38(46)44(36)28-9-13-30(48-2)14-10-28/h7-17,22-25,36H,3-6,18-21H2,1-2H3. The molecule has 3 fully saturated rings. The van der Waals surface area contributed by atoms with Crippen molar-refractivity contribution in [3.8, 4) is 33.8 Å². The van der Waals surface area contributed by atoms with Crippen molar-refractivity contribution in [3.05, 3.63) is 97.1 Å². The van der Waals surface area contributed by atoms with E-state index in [9.17, 15) is 9.59 Å². The fourth-order valence-corrected chi connectivity index (χ4v) is 9.36. The Bertz CT molecular complexity index is 2000.